The van der Waals surface area contributed by atoms with Crippen molar-refractivity contribution in [3.63, 3.8) is 0 Å². The molecular weight excluding hydrogens is 217 g/mol. The lowest BCUT2D eigenvalue weighted by Gasteiger charge is -2.14. The summed E-state index contributed by atoms with van der Waals surface area (Å²) in [6, 6.07) is 1.44. The first-order valence-corrected chi connectivity index (χ1v) is 5.12. The van der Waals surface area contributed by atoms with Gasteiger partial charge >= 0.3 is 0 Å². The van der Waals surface area contributed by atoms with Crippen LogP contribution in [0.4, 0.5) is 18.9 Å². The Morgan fingerprint density at radius 2 is 1.94 bits per heavy atom. The van der Waals surface area contributed by atoms with Crippen molar-refractivity contribution in [3.8, 4) is 0 Å². The molecule has 0 aromatic heterocycles. The van der Waals surface area contributed by atoms with Crippen molar-refractivity contribution in [1.29, 1.82) is 0 Å². The second kappa shape index (κ2) is 4.55. The van der Waals surface area contributed by atoms with Crippen molar-refractivity contribution in [3.05, 3.63) is 29.6 Å². The van der Waals surface area contributed by atoms with Gasteiger partial charge in [-0.15, -0.1) is 0 Å². The molecule has 1 aromatic carbocycles. The molecule has 1 N–H and O–H groups in total. The quantitative estimate of drug-likeness (QED) is 0.734. The summed E-state index contributed by atoms with van der Waals surface area (Å²) in [5.74, 6) is -2.50. The number of rotatable bonds is 1. The molecule has 86 valence electrons. The fourth-order valence-corrected chi connectivity index (χ4v) is 1.60. The van der Waals surface area contributed by atoms with E-state index < -0.39 is 17.5 Å². The Bertz CT molecular complexity index is 429. The number of benzene rings is 1. The summed E-state index contributed by atoms with van der Waals surface area (Å²) in [6.07, 6.45) is 2.62. The molecule has 0 amide bonds. The zero-order valence-corrected chi connectivity index (χ0v) is 8.56. The van der Waals surface area contributed by atoms with E-state index in [-0.39, 0.29) is 5.69 Å². The monoisotopic (exact) mass is 228 g/mol. The number of anilines is 1. The van der Waals surface area contributed by atoms with Crippen LogP contribution in [-0.2, 0) is 0 Å². The van der Waals surface area contributed by atoms with Crippen LogP contribution in [0.5, 0.6) is 0 Å². The number of hydrogen-bond acceptors (Lipinski definition) is 2. The maximum atomic E-state index is 13.3. The van der Waals surface area contributed by atoms with Crippen molar-refractivity contribution in [2.75, 3.05) is 11.9 Å². The number of hydrogen-bond donors (Lipinski definition) is 1. The van der Waals surface area contributed by atoms with E-state index in [0.29, 0.717) is 24.9 Å². The molecule has 0 saturated heterocycles. The zero-order valence-electron chi connectivity index (χ0n) is 8.56. The predicted molar refractivity (Wildman–Crippen MR) is 56.1 cm³/mol. The van der Waals surface area contributed by atoms with Gasteiger partial charge in [-0.25, -0.2) is 13.2 Å². The average Bonchev–Trinajstić information content (AvgIpc) is 2.27. The van der Waals surface area contributed by atoms with Crippen LogP contribution >= 0.6 is 0 Å². The first-order chi connectivity index (χ1) is 7.66. The molecule has 0 atom stereocenters. The van der Waals surface area contributed by atoms with Gasteiger partial charge in [0.2, 0.25) is 0 Å². The van der Waals surface area contributed by atoms with Gasteiger partial charge in [-0.2, -0.15) is 0 Å². The van der Waals surface area contributed by atoms with Gasteiger partial charge in [-0.1, -0.05) is 0 Å². The Morgan fingerprint density at radius 1 is 1.12 bits per heavy atom. The highest BCUT2D eigenvalue weighted by Crippen LogP contribution is 2.20. The smallest absolute Gasteiger partial charge is 0.182 e. The van der Waals surface area contributed by atoms with Gasteiger partial charge in [0.1, 0.15) is 11.7 Å². The molecule has 1 aliphatic rings. The highest BCUT2D eigenvalue weighted by molar-refractivity contribution is 5.95. The molecular formula is C11H11F3N2. The molecule has 16 heavy (non-hydrogen) atoms. The lowest BCUT2D eigenvalue weighted by molar-refractivity contribution is 0.498. The molecule has 2 nitrogen and oxygen atoms in total. The summed E-state index contributed by atoms with van der Waals surface area (Å²) in [5.41, 5.74) is -0.196. The fraction of sp³-hybridized carbons (Fsp3) is 0.364. The van der Waals surface area contributed by atoms with E-state index in [4.69, 9.17) is 0 Å². The normalized spacial score (nSPS) is 15.8. The summed E-state index contributed by atoms with van der Waals surface area (Å²) in [4.78, 5) is 4.12. The third-order valence-electron chi connectivity index (χ3n) is 2.40. The topological polar surface area (TPSA) is 24.4 Å². The summed E-state index contributed by atoms with van der Waals surface area (Å²) < 4.78 is 39.1. The van der Waals surface area contributed by atoms with E-state index in [1.807, 2.05) is 0 Å². The van der Waals surface area contributed by atoms with Crippen molar-refractivity contribution >= 4 is 11.5 Å². The third kappa shape index (κ3) is 2.35. The molecule has 0 aliphatic carbocycles. The maximum absolute atomic E-state index is 13.3. The van der Waals surface area contributed by atoms with Crippen LogP contribution in [0.15, 0.2) is 17.1 Å². The van der Waals surface area contributed by atoms with Crippen LogP contribution in [-0.4, -0.2) is 12.4 Å². The van der Waals surface area contributed by atoms with Crippen molar-refractivity contribution in [1.82, 2.24) is 0 Å². The van der Waals surface area contributed by atoms with E-state index in [0.717, 1.165) is 18.9 Å². The van der Waals surface area contributed by atoms with Gasteiger partial charge < -0.3 is 5.32 Å². The minimum atomic E-state index is -1.20. The number of nitrogens with zero attached hydrogens (tertiary/aromatic N) is 1. The first-order valence-electron chi connectivity index (χ1n) is 5.12. The van der Waals surface area contributed by atoms with Crippen molar-refractivity contribution in [2.45, 2.75) is 19.3 Å². The SMILES string of the molecule is Fc1cc(F)c(F)c(NC2=NCCCC2)c1. The van der Waals surface area contributed by atoms with Crippen LogP contribution in [0.1, 0.15) is 19.3 Å². The minimum absolute atomic E-state index is 0.196. The number of aliphatic imine (C=N–C) groups is 1. The Kier molecular flexibility index (Phi) is 3.12. The molecule has 1 aliphatic heterocycles. The molecule has 1 aromatic rings. The third-order valence-corrected chi connectivity index (χ3v) is 2.40. The Hall–Kier alpha value is -1.52. The Balaban J connectivity index is 2.23. The van der Waals surface area contributed by atoms with Gasteiger partial charge in [-0.3, -0.25) is 4.99 Å². The molecule has 2 rings (SSSR count). The van der Waals surface area contributed by atoms with E-state index in [9.17, 15) is 13.2 Å². The number of amidine groups is 1. The second-order valence-corrected chi connectivity index (χ2v) is 3.66. The van der Waals surface area contributed by atoms with Crippen LogP contribution in [0.3, 0.4) is 0 Å². The summed E-state index contributed by atoms with van der Waals surface area (Å²) in [5, 5.41) is 2.63. The summed E-state index contributed by atoms with van der Waals surface area (Å²) in [7, 11) is 0. The number of nitrogens with one attached hydrogen (secondary N) is 1. The highest BCUT2D eigenvalue weighted by Gasteiger charge is 2.13. The Labute approximate surface area is 91.2 Å². The molecule has 0 unspecified atom stereocenters. The largest absolute Gasteiger partial charge is 0.342 e. The van der Waals surface area contributed by atoms with E-state index in [1.54, 1.807) is 0 Å². The fourth-order valence-electron chi connectivity index (χ4n) is 1.60. The molecule has 5 heteroatoms. The van der Waals surface area contributed by atoms with Gasteiger partial charge in [-0.05, 0) is 12.8 Å². The maximum Gasteiger partial charge on any atom is 0.182 e. The van der Waals surface area contributed by atoms with Crippen molar-refractivity contribution in [2.24, 2.45) is 4.99 Å². The molecule has 0 spiro atoms. The van der Waals surface area contributed by atoms with Crippen LogP contribution < -0.4 is 5.32 Å². The van der Waals surface area contributed by atoms with E-state index >= 15 is 0 Å². The minimum Gasteiger partial charge on any atom is -0.342 e. The highest BCUT2D eigenvalue weighted by atomic mass is 19.2. The number of halogens is 3. The van der Waals surface area contributed by atoms with Crippen LogP contribution in [0.25, 0.3) is 0 Å². The first kappa shape index (κ1) is 11.0. The molecule has 0 fully saturated rings. The van der Waals surface area contributed by atoms with Crippen molar-refractivity contribution < 1.29 is 13.2 Å². The van der Waals surface area contributed by atoms with Gasteiger partial charge in [0.25, 0.3) is 0 Å². The lowest BCUT2D eigenvalue weighted by atomic mass is 10.1. The lowest BCUT2D eigenvalue weighted by Crippen LogP contribution is -2.17. The standard InChI is InChI=1S/C11H11F3N2/c12-7-5-8(13)11(14)9(6-7)16-10-3-1-2-4-15-10/h5-6H,1-4H2,(H,15,16). The Morgan fingerprint density at radius 3 is 2.62 bits per heavy atom. The van der Waals surface area contributed by atoms with Crippen LogP contribution in [0.2, 0.25) is 0 Å². The van der Waals surface area contributed by atoms with E-state index in [2.05, 4.69) is 10.3 Å². The average molecular weight is 228 g/mol. The molecule has 1 heterocycles. The van der Waals surface area contributed by atoms with Crippen LogP contribution in [0, 0.1) is 17.5 Å². The molecule has 0 radical (unpaired) electrons. The summed E-state index contributed by atoms with van der Waals surface area (Å²) in [6.45, 7) is 0.668. The summed E-state index contributed by atoms with van der Waals surface area (Å²) >= 11 is 0. The molecule has 0 bridgehead atoms. The van der Waals surface area contributed by atoms with Gasteiger partial charge in [0.15, 0.2) is 11.6 Å². The van der Waals surface area contributed by atoms with E-state index in [1.165, 1.54) is 0 Å². The zero-order chi connectivity index (χ0) is 11.5. The van der Waals surface area contributed by atoms with Gasteiger partial charge in [0, 0.05) is 25.1 Å². The van der Waals surface area contributed by atoms with Gasteiger partial charge in [0.05, 0.1) is 5.69 Å². The molecule has 0 saturated carbocycles. The second-order valence-electron chi connectivity index (χ2n) is 3.66. The predicted octanol–water partition coefficient (Wildman–Crippen LogP) is 3.10.